The van der Waals surface area contributed by atoms with Crippen LogP contribution in [0.1, 0.15) is 44.3 Å². The lowest BCUT2D eigenvalue weighted by Gasteiger charge is -2.20. The predicted molar refractivity (Wildman–Crippen MR) is 120 cm³/mol. The van der Waals surface area contributed by atoms with Crippen molar-refractivity contribution >= 4 is 28.5 Å². The summed E-state index contributed by atoms with van der Waals surface area (Å²) < 4.78 is 8.00. The fraction of sp³-hybridized carbons (Fsp3) is 0.417. The number of imidazole rings is 1. The minimum Gasteiger partial charge on any atom is -0.492 e. The number of halogens is 1. The Morgan fingerprint density at radius 1 is 1.10 bits per heavy atom. The van der Waals surface area contributed by atoms with Crippen molar-refractivity contribution in [2.75, 3.05) is 6.61 Å². The van der Waals surface area contributed by atoms with Crippen LogP contribution in [-0.4, -0.2) is 22.1 Å². The second-order valence-corrected chi connectivity index (χ2v) is 8.39. The summed E-state index contributed by atoms with van der Waals surface area (Å²) in [6.45, 7) is 1.59. The Balaban J connectivity index is 1.39. The maximum Gasteiger partial charge on any atom is 0.220 e. The highest BCUT2D eigenvalue weighted by molar-refractivity contribution is 6.30. The number of nitrogens with zero attached hydrogens (tertiary/aromatic N) is 2. The van der Waals surface area contributed by atoms with Gasteiger partial charge in [0.2, 0.25) is 5.91 Å². The Bertz CT molecular complexity index is 978. The highest BCUT2D eigenvalue weighted by atomic mass is 35.5. The Kier molecular flexibility index (Phi) is 6.90. The largest absolute Gasteiger partial charge is 0.492 e. The van der Waals surface area contributed by atoms with E-state index < -0.39 is 0 Å². The van der Waals surface area contributed by atoms with E-state index in [0.717, 1.165) is 22.6 Å². The first-order valence-corrected chi connectivity index (χ1v) is 11.2. The van der Waals surface area contributed by atoms with Gasteiger partial charge in [-0.05, 0) is 55.2 Å². The standard InChI is InChI=1S/C24H28ClN3O2/c25-19-10-12-20(13-11-19)30-15-14-28-22-9-5-4-8-21(22)27-23(28)17-26-24(29)16-18-6-2-1-3-7-18/h4-5,8-13,18H,1-3,6-7,14-17H2,(H,26,29). The molecule has 0 bridgehead atoms. The van der Waals surface area contributed by atoms with Crippen molar-refractivity contribution in [1.29, 1.82) is 0 Å². The summed E-state index contributed by atoms with van der Waals surface area (Å²) >= 11 is 5.93. The molecule has 0 saturated heterocycles. The second kappa shape index (κ2) is 9.98. The Morgan fingerprint density at radius 2 is 1.87 bits per heavy atom. The van der Waals surface area contributed by atoms with Crippen LogP contribution in [0.25, 0.3) is 11.0 Å². The number of carbonyl (C=O) groups is 1. The van der Waals surface area contributed by atoms with Crippen molar-refractivity contribution in [3.63, 3.8) is 0 Å². The van der Waals surface area contributed by atoms with Gasteiger partial charge in [0.05, 0.1) is 24.1 Å². The van der Waals surface area contributed by atoms with Gasteiger partial charge in [-0.1, -0.05) is 43.0 Å². The number of aromatic nitrogens is 2. The first kappa shape index (κ1) is 20.7. The van der Waals surface area contributed by atoms with Gasteiger partial charge in [0.25, 0.3) is 0 Å². The number of carbonyl (C=O) groups excluding carboxylic acids is 1. The third kappa shape index (κ3) is 5.33. The minimum atomic E-state index is 0.123. The van der Waals surface area contributed by atoms with Gasteiger partial charge in [0, 0.05) is 11.4 Å². The van der Waals surface area contributed by atoms with Gasteiger partial charge in [-0.25, -0.2) is 4.98 Å². The quantitative estimate of drug-likeness (QED) is 0.528. The van der Waals surface area contributed by atoms with Gasteiger partial charge in [0.15, 0.2) is 0 Å². The van der Waals surface area contributed by atoms with Crippen molar-refractivity contribution in [2.45, 2.75) is 51.6 Å². The molecule has 6 heteroatoms. The molecule has 0 atom stereocenters. The number of hydrogen-bond acceptors (Lipinski definition) is 3. The average molecular weight is 426 g/mol. The van der Waals surface area contributed by atoms with Crippen LogP contribution in [0.15, 0.2) is 48.5 Å². The van der Waals surface area contributed by atoms with Crippen LogP contribution in [0.3, 0.4) is 0 Å². The highest BCUT2D eigenvalue weighted by Crippen LogP contribution is 2.26. The summed E-state index contributed by atoms with van der Waals surface area (Å²) in [5.74, 6) is 2.29. The molecule has 1 amide bonds. The monoisotopic (exact) mass is 425 g/mol. The van der Waals surface area contributed by atoms with Crippen molar-refractivity contribution in [1.82, 2.24) is 14.9 Å². The number of ether oxygens (including phenoxy) is 1. The molecule has 1 fully saturated rings. The Morgan fingerprint density at radius 3 is 2.67 bits per heavy atom. The number of fused-ring (bicyclic) bond motifs is 1. The van der Waals surface area contributed by atoms with E-state index >= 15 is 0 Å². The van der Waals surface area contributed by atoms with E-state index in [4.69, 9.17) is 21.3 Å². The van der Waals surface area contributed by atoms with Crippen LogP contribution in [0.2, 0.25) is 5.02 Å². The molecule has 30 heavy (non-hydrogen) atoms. The number of para-hydroxylation sites is 2. The summed E-state index contributed by atoms with van der Waals surface area (Å²) in [5, 5.41) is 3.77. The van der Waals surface area contributed by atoms with Crippen molar-refractivity contribution in [2.24, 2.45) is 5.92 Å². The molecule has 0 radical (unpaired) electrons. The Hall–Kier alpha value is -2.53. The van der Waals surface area contributed by atoms with Gasteiger partial charge in [-0.3, -0.25) is 4.79 Å². The van der Waals surface area contributed by atoms with Gasteiger partial charge in [-0.2, -0.15) is 0 Å². The Labute approximate surface area is 182 Å². The topological polar surface area (TPSA) is 56.2 Å². The predicted octanol–water partition coefficient (Wildman–Crippen LogP) is 5.36. The minimum absolute atomic E-state index is 0.123. The molecule has 1 N–H and O–H groups in total. The molecular formula is C24H28ClN3O2. The van der Waals surface area contributed by atoms with Gasteiger partial charge in [-0.15, -0.1) is 0 Å². The molecule has 0 unspecified atom stereocenters. The lowest BCUT2D eigenvalue weighted by atomic mass is 9.87. The summed E-state index contributed by atoms with van der Waals surface area (Å²) in [6.07, 6.45) is 6.78. The van der Waals surface area contributed by atoms with Crippen LogP contribution >= 0.6 is 11.6 Å². The van der Waals surface area contributed by atoms with Crippen molar-refractivity contribution < 1.29 is 9.53 Å². The molecule has 1 heterocycles. The first-order chi connectivity index (χ1) is 14.7. The zero-order valence-corrected chi connectivity index (χ0v) is 17.9. The average Bonchev–Trinajstić information content (AvgIpc) is 3.12. The molecule has 1 aliphatic carbocycles. The van der Waals surface area contributed by atoms with Crippen LogP contribution in [0.4, 0.5) is 0 Å². The van der Waals surface area contributed by atoms with E-state index in [0.29, 0.717) is 37.1 Å². The molecule has 2 aromatic carbocycles. The van der Waals surface area contributed by atoms with Crippen LogP contribution in [0, 0.1) is 5.92 Å². The fourth-order valence-electron chi connectivity index (χ4n) is 4.20. The second-order valence-electron chi connectivity index (χ2n) is 7.96. The van der Waals surface area contributed by atoms with Gasteiger partial charge < -0.3 is 14.6 Å². The molecular weight excluding hydrogens is 398 g/mol. The van der Waals surface area contributed by atoms with E-state index in [-0.39, 0.29) is 5.91 Å². The number of benzene rings is 2. The summed E-state index contributed by atoms with van der Waals surface area (Å²) in [6, 6.07) is 15.4. The third-order valence-electron chi connectivity index (χ3n) is 5.77. The zero-order chi connectivity index (χ0) is 20.8. The number of nitrogens with one attached hydrogen (secondary N) is 1. The van der Waals surface area contributed by atoms with Gasteiger partial charge in [0.1, 0.15) is 18.2 Å². The molecule has 158 valence electrons. The molecule has 0 aliphatic heterocycles. The third-order valence-corrected chi connectivity index (χ3v) is 6.03. The van der Waals surface area contributed by atoms with Crippen LogP contribution in [0.5, 0.6) is 5.75 Å². The number of rotatable bonds is 8. The summed E-state index contributed by atoms with van der Waals surface area (Å²) in [4.78, 5) is 17.2. The zero-order valence-electron chi connectivity index (χ0n) is 17.1. The smallest absolute Gasteiger partial charge is 0.220 e. The molecule has 1 saturated carbocycles. The highest BCUT2D eigenvalue weighted by Gasteiger charge is 2.18. The summed E-state index contributed by atoms with van der Waals surface area (Å²) in [5.41, 5.74) is 1.98. The molecule has 1 aliphatic rings. The van der Waals surface area contributed by atoms with E-state index in [1.165, 1.54) is 32.1 Å². The molecule has 4 rings (SSSR count). The molecule has 0 spiro atoms. The maximum atomic E-state index is 12.5. The van der Waals surface area contributed by atoms with Gasteiger partial charge >= 0.3 is 0 Å². The van der Waals surface area contributed by atoms with E-state index in [1.54, 1.807) is 0 Å². The van der Waals surface area contributed by atoms with Crippen molar-refractivity contribution in [3.8, 4) is 5.75 Å². The lowest BCUT2D eigenvalue weighted by molar-refractivity contribution is -0.122. The van der Waals surface area contributed by atoms with E-state index in [1.807, 2.05) is 42.5 Å². The van der Waals surface area contributed by atoms with Crippen LogP contribution in [-0.2, 0) is 17.9 Å². The molecule has 3 aromatic rings. The van der Waals surface area contributed by atoms with Crippen LogP contribution < -0.4 is 10.1 Å². The van der Waals surface area contributed by atoms with E-state index in [2.05, 4.69) is 16.0 Å². The number of hydrogen-bond donors (Lipinski definition) is 1. The SMILES string of the molecule is O=C(CC1CCCCC1)NCc1nc2ccccc2n1CCOc1ccc(Cl)cc1. The first-order valence-electron chi connectivity index (χ1n) is 10.8. The van der Waals surface area contributed by atoms with E-state index in [9.17, 15) is 4.79 Å². The molecule has 1 aromatic heterocycles. The fourth-order valence-corrected chi connectivity index (χ4v) is 4.32. The van der Waals surface area contributed by atoms with Crippen molar-refractivity contribution in [3.05, 3.63) is 59.4 Å². The lowest BCUT2D eigenvalue weighted by Crippen LogP contribution is -2.27. The number of amides is 1. The normalized spacial score (nSPS) is 14.7. The summed E-state index contributed by atoms with van der Waals surface area (Å²) in [7, 11) is 0. The maximum absolute atomic E-state index is 12.5. The molecule has 5 nitrogen and oxygen atoms in total.